The second kappa shape index (κ2) is 11.6. The molecular formula is C24H32N4O5. The molecule has 0 bridgehead atoms. The molecule has 1 N–H and O–H groups in total. The van der Waals surface area contributed by atoms with Crippen molar-refractivity contribution in [3.8, 4) is 17.1 Å². The number of amides is 1. The summed E-state index contributed by atoms with van der Waals surface area (Å²) in [5.41, 5.74) is 0.532. The van der Waals surface area contributed by atoms with E-state index >= 15 is 0 Å². The fraction of sp³-hybridized carbons (Fsp3) is 0.542. The number of benzene rings is 1. The van der Waals surface area contributed by atoms with Crippen LogP contribution in [0.2, 0.25) is 0 Å². The summed E-state index contributed by atoms with van der Waals surface area (Å²) in [7, 11) is 0. The molecule has 9 nitrogen and oxygen atoms in total. The molecule has 1 aromatic carbocycles. The summed E-state index contributed by atoms with van der Waals surface area (Å²) in [6.07, 6.45) is 1.79. The molecule has 0 saturated carbocycles. The third-order valence-corrected chi connectivity index (χ3v) is 5.43. The van der Waals surface area contributed by atoms with Gasteiger partial charge in [-0.3, -0.25) is 14.4 Å². The number of aromatic amines is 1. The minimum absolute atomic E-state index is 0.107. The number of carbonyl (C=O) groups is 2. The number of H-pyrrole nitrogens is 1. The zero-order chi connectivity index (χ0) is 23.8. The Morgan fingerprint density at radius 2 is 2.09 bits per heavy atom. The van der Waals surface area contributed by atoms with E-state index in [-0.39, 0.29) is 41.9 Å². The molecule has 1 amide bonds. The van der Waals surface area contributed by atoms with Gasteiger partial charge in [0, 0.05) is 31.5 Å². The van der Waals surface area contributed by atoms with Crippen LogP contribution < -0.4 is 10.3 Å². The van der Waals surface area contributed by atoms with Crippen LogP contribution in [0.4, 0.5) is 0 Å². The van der Waals surface area contributed by atoms with E-state index in [1.807, 2.05) is 24.3 Å². The lowest BCUT2D eigenvalue weighted by Crippen LogP contribution is -2.43. The highest BCUT2D eigenvalue weighted by Gasteiger charge is 2.29. The number of aromatic nitrogens is 3. The molecule has 0 spiro atoms. The fourth-order valence-electron chi connectivity index (χ4n) is 3.69. The Morgan fingerprint density at radius 3 is 2.82 bits per heavy atom. The van der Waals surface area contributed by atoms with Gasteiger partial charge in [0.2, 0.25) is 5.91 Å². The first-order chi connectivity index (χ1) is 15.9. The number of ether oxygens (including phenoxy) is 2. The van der Waals surface area contributed by atoms with Gasteiger partial charge >= 0.3 is 5.97 Å². The Hall–Kier alpha value is -3.23. The van der Waals surface area contributed by atoms with Crippen LogP contribution >= 0.6 is 0 Å². The summed E-state index contributed by atoms with van der Waals surface area (Å²) in [4.78, 5) is 41.6. The molecule has 1 aromatic heterocycles. The lowest BCUT2D eigenvalue weighted by atomic mass is 9.98. The number of rotatable bonds is 9. The second-order valence-electron chi connectivity index (χ2n) is 8.61. The van der Waals surface area contributed by atoms with Crippen LogP contribution in [0.5, 0.6) is 5.75 Å². The smallest absolute Gasteiger partial charge is 0.310 e. The molecule has 1 unspecified atom stereocenters. The molecule has 2 aromatic rings. The monoisotopic (exact) mass is 456 g/mol. The van der Waals surface area contributed by atoms with E-state index in [9.17, 15) is 14.4 Å². The lowest BCUT2D eigenvalue weighted by molar-refractivity contribution is -0.151. The van der Waals surface area contributed by atoms with Gasteiger partial charge in [-0.1, -0.05) is 26.0 Å². The maximum atomic E-state index is 12.6. The fourth-order valence-corrected chi connectivity index (χ4v) is 3.69. The number of nitrogens with zero attached hydrogens (tertiary/aromatic N) is 3. The van der Waals surface area contributed by atoms with Crippen LogP contribution in [-0.2, 0) is 20.7 Å². The maximum absolute atomic E-state index is 12.6. The highest BCUT2D eigenvalue weighted by molar-refractivity contribution is 5.78. The first-order valence-electron chi connectivity index (χ1n) is 11.5. The van der Waals surface area contributed by atoms with Gasteiger partial charge in [0.15, 0.2) is 5.82 Å². The van der Waals surface area contributed by atoms with E-state index in [0.29, 0.717) is 49.4 Å². The SMILES string of the molecule is CCOC(=O)C1CCCN(C(=O)CCc2nnc(-c3cccc(OCC(C)C)c3)[nH]c2=O)C1. The van der Waals surface area contributed by atoms with Crippen LogP contribution in [0, 0.1) is 11.8 Å². The molecule has 0 radical (unpaired) electrons. The lowest BCUT2D eigenvalue weighted by Gasteiger charge is -2.31. The number of hydrogen-bond acceptors (Lipinski definition) is 7. The number of carbonyl (C=O) groups excluding carboxylic acids is 2. The highest BCUT2D eigenvalue weighted by Crippen LogP contribution is 2.21. The summed E-state index contributed by atoms with van der Waals surface area (Å²) in [5, 5.41) is 8.21. The molecule has 1 atom stereocenters. The van der Waals surface area contributed by atoms with Gasteiger partial charge < -0.3 is 19.4 Å². The minimum atomic E-state index is -0.371. The van der Waals surface area contributed by atoms with Crippen molar-refractivity contribution >= 4 is 11.9 Å². The molecule has 2 heterocycles. The predicted molar refractivity (Wildman–Crippen MR) is 123 cm³/mol. The second-order valence-corrected chi connectivity index (χ2v) is 8.61. The Balaban J connectivity index is 1.60. The van der Waals surface area contributed by atoms with Gasteiger partial charge in [-0.2, -0.15) is 0 Å². The van der Waals surface area contributed by atoms with Crippen LogP contribution in [0.15, 0.2) is 29.1 Å². The van der Waals surface area contributed by atoms with Crippen molar-refractivity contribution in [2.24, 2.45) is 11.8 Å². The topological polar surface area (TPSA) is 114 Å². The Kier molecular flexibility index (Phi) is 8.57. The Labute approximate surface area is 193 Å². The van der Waals surface area contributed by atoms with E-state index < -0.39 is 0 Å². The summed E-state index contributed by atoms with van der Waals surface area (Å²) in [6.45, 7) is 7.79. The molecule has 9 heteroatoms. The average Bonchev–Trinajstić information content (AvgIpc) is 2.82. The Morgan fingerprint density at radius 1 is 1.27 bits per heavy atom. The number of nitrogens with one attached hydrogen (secondary N) is 1. The molecule has 1 saturated heterocycles. The zero-order valence-electron chi connectivity index (χ0n) is 19.5. The Bertz CT molecular complexity index is 1020. The van der Waals surface area contributed by atoms with Crippen molar-refractivity contribution in [1.82, 2.24) is 20.1 Å². The van der Waals surface area contributed by atoms with Gasteiger partial charge in [0.1, 0.15) is 11.4 Å². The third kappa shape index (κ3) is 6.87. The van der Waals surface area contributed by atoms with E-state index in [0.717, 1.165) is 12.8 Å². The first-order valence-corrected chi connectivity index (χ1v) is 11.5. The summed E-state index contributed by atoms with van der Waals surface area (Å²) in [6, 6.07) is 7.31. The molecule has 0 aliphatic carbocycles. The molecule has 1 fully saturated rings. The van der Waals surface area contributed by atoms with Gasteiger partial charge in [0.25, 0.3) is 5.56 Å². The van der Waals surface area contributed by atoms with Gasteiger partial charge in [0.05, 0.1) is 19.1 Å². The minimum Gasteiger partial charge on any atom is -0.493 e. The largest absolute Gasteiger partial charge is 0.493 e. The van der Waals surface area contributed by atoms with Crippen molar-refractivity contribution in [2.75, 3.05) is 26.3 Å². The average molecular weight is 457 g/mol. The number of hydrogen-bond donors (Lipinski definition) is 1. The van der Waals surface area contributed by atoms with E-state index in [1.165, 1.54) is 0 Å². The van der Waals surface area contributed by atoms with Crippen LogP contribution in [0.1, 0.15) is 45.7 Å². The van der Waals surface area contributed by atoms with E-state index in [4.69, 9.17) is 9.47 Å². The van der Waals surface area contributed by atoms with E-state index in [1.54, 1.807) is 11.8 Å². The van der Waals surface area contributed by atoms with Gasteiger partial charge in [-0.15, -0.1) is 10.2 Å². The van der Waals surface area contributed by atoms with Gasteiger partial charge in [-0.25, -0.2) is 0 Å². The van der Waals surface area contributed by atoms with Crippen molar-refractivity contribution in [3.63, 3.8) is 0 Å². The van der Waals surface area contributed by atoms with Gasteiger partial charge in [-0.05, 0) is 37.8 Å². The van der Waals surface area contributed by atoms with Crippen molar-refractivity contribution < 1.29 is 19.1 Å². The van der Waals surface area contributed by atoms with Crippen LogP contribution in [0.25, 0.3) is 11.4 Å². The predicted octanol–water partition coefficient (Wildman–Crippen LogP) is 2.60. The van der Waals surface area contributed by atoms with Crippen molar-refractivity contribution in [1.29, 1.82) is 0 Å². The normalized spacial score (nSPS) is 16.0. The third-order valence-electron chi connectivity index (χ3n) is 5.43. The zero-order valence-corrected chi connectivity index (χ0v) is 19.5. The first kappa shape index (κ1) is 24.4. The standard InChI is InChI=1S/C24H32N4O5/c1-4-32-24(31)18-8-6-12-28(14-18)21(29)11-10-20-23(30)25-22(27-26-20)17-7-5-9-19(13-17)33-15-16(2)3/h5,7,9,13,16,18H,4,6,8,10-12,14-15H2,1-3H3,(H,25,27,30). The molecule has 33 heavy (non-hydrogen) atoms. The number of aryl methyl sites for hydroxylation is 1. The number of piperidine rings is 1. The molecule has 1 aliphatic heterocycles. The van der Waals surface area contributed by atoms with Crippen LogP contribution in [0.3, 0.4) is 0 Å². The number of likely N-dealkylation sites (tertiary alicyclic amines) is 1. The maximum Gasteiger partial charge on any atom is 0.310 e. The highest BCUT2D eigenvalue weighted by atomic mass is 16.5. The van der Waals surface area contributed by atoms with Crippen LogP contribution in [-0.4, -0.2) is 58.3 Å². The molecule has 3 rings (SSSR count). The number of esters is 1. The summed E-state index contributed by atoms with van der Waals surface area (Å²) >= 11 is 0. The van der Waals surface area contributed by atoms with Crippen molar-refractivity contribution in [2.45, 2.75) is 46.5 Å². The molecule has 178 valence electrons. The molecule has 1 aliphatic rings. The summed E-state index contributed by atoms with van der Waals surface area (Å²) in [5.74, 6) is 0.789. The van der Waals surface area contributed by atoms with E-state index in [2.05, 4.69) is 29.0 Å². The quantitative estimate of drug-likeness (QED) is 0.577. The summed E-state index contributed by atoms with van der Waals surface area (Å²) < 4.78 is 10.8. The van der Waals surface area contributed by atoms with Crippen molar-refractivity contribution in [3.05, 3.63) is 40.3 Å². The molecular weight excluding hydrogens is 424 g/mol.